The quantitative estimate of drug-likeness (QED) is 0.688. The largest absolute Gasteiger partial charge is 0.354 e. The minimum Gasteiger partial charge on any atom is -0.354 e. The average Bonchev–Trinajstić information content (AvgIpc) is 2.93. The second-order valence-electron chi connectivity index (χ2n) is 7.91. The first-order valence-corrected chi connectivity index (χ1v) is 9.97. The first kappa shape index (κ1) is 21.5. The summed E-state index contributed by atoms with van der Waals surface area (Å²) in [6.07, 6.45) is 0.318. The van der Waals surface area contributed by atoms with Gasteiger partial charge in [0.25, 0.3) is 5.91 Å². The maximum absolute atomic E-state index is 13.6. The van der Waals surface area contributed by atoms with Gasteiger partial charge in [-0.25, -0.2) is 9.18 Å². The summed E-state index contributed by atoms with van der Waals surface area (Å²) in [6, 6.07) is 13.2. The molecule has 30 heavy (non-hydrogen) atoms. The van der Waals surface area contributed by atoms with Crippen LogP contribution in [-0.2, 0) is 21.5 Å². The predicted octanol–water partition coefficient (Wildman–Crippen LogP) is 3.08. The molecule has 0 aromatic heterocycles. The highest BCUT2D eigenvalue weighted by Crippen LogP contribution is 2.29. The first-order chi connectivity index (χ1) is 14.2. The number of carbonyl (C=O) groups is 3. The van der Waals surface area contributed by atoms with Gasteiger partial charge in [0, 0.05) is 6.54 Å². The maximum Gasteiger partial charge on any atom is 0.325 e. The van der Waals surface area contributed by atoms with Gasteiger partial charge in [0.1, 0.15) is 17.9 Å². The molecule has 1 atom stereocenters. The third-order valence-electron chi connectivity index (χ3n) is 5.41. The number of nitrogens with zero attached hydrogens (tertiary/aromatic N) is 1. The monoisotopic (exact) mass is 411 g/mol. The van der Waals surface area contributed by atoms with Crippen LogP contribution in [0.1, 0.15) is 43.4 Å². The van der Waals surface area contributed by atoms with Crippen LogP contribution in [0.5, 0.6) is 0 Å². The Balaban J connectivity index is 1.61. The molecule has 1 aliphatic heterocycles. The molecular weight excluding hydrogens is 385 g/mol. The Labute approximate surface area is 175 Å². The zero-order valence-corrected chi connectivity index (χ0v) is 17.4. The fourth-order valence-electron chi connectivity index (χ4n) is 3.47. The number of benzene rings is 2. The minimum absolute atomic E-state index is 0.206. The van der Waals surface area contributed by atoms with Crippen molar-refractivity contribution in [3.05, 3.63) is 71.0 Å². The molecule has 1 heterocycles. The van der Waals surface area contributed by atoms with E-state index in [0.29, 0.717) is 23.5 Å². The summed E-state index contributed by atoms with van der Waals surface area (Å²) in [6.45, 7) is 5.60. The standard InChI is InChI=1S/C23H26FN3O3/c1-15(2)16-8-10-18(11-9-16)23(3)21(29)27(22(30)26-23)14-20(28)25-13-12-17-6-4-5-7-19(17)24/h4-11,15H,12-14H2,1-3H3,(H,25,28)(H,26,30)/t23-/m0/s1. The second kappa shape index (κ2) is 8.65. The summed E-state index contributed by atoms with van der Waals surface area (Å²) < 4.78 is 13.6. The fourth-order valence-corrected chi connectivity index (χ4v) is 3.47. The Morgan fingerprint density at radius 1 is 1.13 bits per heavy atom. The van der Waals surface area contributed by atoms with Crippen LogP contribution in [0, 0.1) is 5.82 Å². The van der Waals surface area contributed by atoms with Gasteiger partial charge < -0.3 is 10.6 Å². The number of hydrogen-bond acceptors (Lipinski definition) is 3. The second-order valence-corrected chi connectivity index (χ2v) is 7.91. The molecule has 2 N–H and O–H groups in total. The van der Waals surface area contributed by atoms with E-state index in [1.54, 1.807) is 25.1 Å². The minimum atomic E-state index is -1.22. The molecule has 2 aromatic carbocycles. The van der Waals surface area contributed by atoms with Gasteiger partial charge in [0.15, 0.2) is 0 Å². The van der Waals surface area contributed by atoms with E-state index in [-0.39, 0.29) is 18.9 Å². The Morgan fingerprint density at radius 2 is 1.80 bits per heavy atom. The molecule has 7 heteroatoms. The predicted molar refractivity (Wildman–Crippen MR) is 111 cm³/mol. The molecule has 0 aliphatic carbocycles. The Morgan fingerprint density at radius 3 is 2.43 bits per heavy atom. The molecule has 0 bridgehead atoms. The normalized spacial score (nSPS) is 18.6. The molecule has 4 amide bonds. The summed E-state index contributed by atoms with van der Waals surface area (Å²) in [5.74, 6) is -0.936. The Hall–Kier alpha value is -3.22. The smallest absolute Gasteiger partial charge is 0.325 e. The van der Waals surface area contributed by atoms with E-state index in [1.165, 1.54) is 6.07 Å². The van der Waals surface area contributed by atoms with E-state index < -0.39 is 23.4 Å². The zero-order chi connectivity index (χ0) is 21.9. The van der Waals surface area contributed by atoms with Crippen molar-refractivity contribution in [2.75, 3.05) is 13.1 Å². The van der Waals surface area contributed by atoms with Gasteiger partial charge in [-0.15, -0.1) is 0 Å². The highest BCUT2D eigenvalue weighted by Gasteiger charge is 2.49. The number of rotatable bonds is 7. The van der Waals surface area contributed by atoms with Gasteiger partial charge in [0.05, 0.1) is 0 Å². The summed E-state index contributed by atoms with van der Waals surface area (Å²) in [5.41, 5.74) is 1.06. The lowest BCUT2D eigenvalue weighted by molar-refractivity contribution is -0.134. The van der Waals surface area contributed by atoms with Crippen LogP contribution in [0.3, 0.4) is 0 Å². The lowest BCUT2D eigenvalue weighted by Crippen LogP contribution is -2.43. The molecule has 6 nitrogen and oxygen atoms in total. The third kappa shape index (κ3) is 4.35. The van der Waals surface area contributed by atoms with Gasteiger partial charge in [-0.1, -0.05) is 56.3 Å². The number of hydrogen-bond donors (Lipinski definition) is 2. The van der Waals surface area contributed by atoms with Crippen LogP contribution >= 0.6 is 0 Å². The molecule has 2 aromatic rings. The van der Waals surface area contributed by atoms with Gasteiger partial charge in [0.2, 0.25) is 5.91 Å². The topological polar surface area (TPSA) is 78.5 Å². The highest BCUT2D eigenvalue weighted by atomic mass is 19.1. The summed E-state index contributed by atoms with van der Waals surface area (Å²) in [7, 11) is 0. The van der Waals surface area contributed by atoms with Crippen molar-refractivity contribution in [1.82, 2.24) is 15.5 Å². The van der Waals surface area contributed by atoms with Gasteiger partial charge in [-0.05, 0) is 42.0 Å². The molecular formula is C23H26FN3O3. The van der Waals surface area contributed by atoms with E-state index in [2.05, 4.69) is 24.5 Å². The maximum atomic E-state index is 13.6. The summed E-state index contributed by atoms with van der Waals surface area (Å²) in [5, 5.41) is 5.33. The van der Waals surface area contributed by atoms with Crippen molar-refractivity contribution < 1.29 is 18.8 Å². The number of nitrogens with one attached hydrogen (secondary N) is 2. The molecule has 0 saturated carbocycles. The molecule has 1 saturated heterocycles. The average molecular weight is 411 g/mol. The van der Waals surface area contributed by atoms with Crippen molar-refractivity contribution in [2.24, 2.45) is 0 Å². The van der Waals surface area contributed by atoms with Crippen molar-refractivity contribution in [3.8, 4) is 0 Å². The van der Waals surface area contributed by atoms with Crippen molar-refractivity contribution in [1.29, 1.82) is 0 Å². The van der Waals surface area contributed by atoms with Crippen molar-refractivity contribution >= 4 is 17.8 Å². The Bertz CT molecular complexity index is 958. The summed E-state index contributed by atoms with van der Waals surface area (Å²) >= 11 is 0. The van der Waals surface area contributed by atoms with Crippen LogP contribution in [0.2, 0.25) is 0 Å². The fraction of sp³-hybridized carbons (Fsp3) is 0.348. The van der Waals surface area contributed by atoms with Crippen molar-refractivity contribution in [2.45, 2.75) is 38.6 Å². The number of urea groups is 1. The van der Waals surface area contributed by atoms with Crippen LogP contribution in [0.4, 0.5) is 9.18 Å². The van der Waals surface area contributed by atoms with Gasteiger partial charge in [-0.2, -0.15) is 0 Å². The van der Waals surface area contributed by atoms with Crippen LogP contribution in [0.25, 0.3) is 0 Å². The molecule has 1 fully saturated rings. The molecule has 1 aliphatic rings. The molecule has 3 rings (SSSR count). The lowest BCUT2D eigenvalue weighted by Gasteiger charge is -2.22. The van der Waals surface area contributed by atoms with Crippen LogP contribution in [0.15, 0.2) is 48.5 Å². The first-order valence-electron chi connectivity index (χ1n) is 9.97. The van der Waals surface area contributed by atoms with Crippen molar-refractivity contribution in [3.63, 3.8) is 0 Å². The summed E-state index contributed by atoms with van der Waals surface area (Å²) in [4.78, 5) is 38.5. The van der Waals surface area contributed by atoms with Crippen LogP contribution < -0.4 is 10.6 Å². The lowest BCUT2D eigenvalue weighted by atomic mass is 9.90. The van der Waals surface area contributed by atoms with E-state index in [1.807, 2.05) is 24.3 Å². The SMILES string of the molecule is CC(C)c1ccc([C@]2(C)NC(=O)N(CC(=O)NCCc3ccccc3F)C2=O)cc1. The molecule has 158 valence electrons. The van der Waals surface area contributed by atoms with E-state index in [9.17, 15) is 18.8 Å². The third-order valence-corrected chi connectivity index (χ3v) is 5.41. The number of amides is 4. The van der Waals surface area contributed by atoms with Gasteiger partial charge >= 0.3 is 6.03 Å². The zero-order valence-electron chi connectivity index (χ0n) is 17.4. The number of halogens is 1. The Kier molecular flexibility index (Phi) is 6.20. The van der Waals surface area contributed by atoms with Crippen LogP contribution in [-0.4, -0.2) is 35.8 Å². The molecule has 0 unspecified atom stereocenters. The van der Waals surface area contributed by atoms with E-state index in [0.717, 1.165) is 10.5 Å². The van der Waals surface area contributed by atoms with Gasteiger partial charge in [-0.3, -0.25) is 14.5 Å². The molecule has 0 radical (unpaired) electrons. The van der Waals surface area contributed by atoms with E-state index >= 15 is 0 Å². The molecule has 0 spiro atoms. The number of imide groups is 1. The highest BCUT2D eigenvalue weighted by molar-refractivity contribution is 6.09. The number of carbonyl (C=O) groups excluding carboxylic acids is 3. The van der Waals surface area contributed by atoms with E-state index in [4.69, 9.17) is 0 Å².